The quantitative estimate of drug-likeness (QED) is 0.891. The van der Waals surface area contributed by atoms with Gasteiger partial charge >= 0.3 is 0 Å². The summed E-state index contributed by atoms with van der Waals surface area (Å²) in [5.41, 5.74) is -0.428. The predicted octanol–water partition coefficient (Wildman–Crippen LogP) is 2.31. The summed E-state index contributed by atoms with van der Waals surface area (Å²) in [5.74, 6) is 0.503. The van der Waals surface area contributed by atoms with E-state index in [-0.39, 0.29) is 0 Å². The molecule has 0 aromatic carbocycles. The molecule has 0 radical (unpaired) electrons. The standard InChI is InChI=1S/C14H21NOS/c1-2-12-3-4-13(17-12)9-14(16)6-8-15-7-5-11(14)10-15/h3-4,11,16H,2,5-10H2,1H3. The lowest BCUT2D eigenvalue weighted by Crippen LogP contribution is -2.47. The molecule has 2 aliphatic heterocycles. The highest BCUT2D eigenvalue weighted by molar-refractivity contribution is 7.12. The molecular weight excluding hydrogens is 230 g/mol. The minimum atomic E-state index is -0.428. The first-order valence-electron chi connectivity index (χ1n) is 6.72. The van der Waals surface area contributed by atoms with Crippen molar-refractivity contribution in [1.29, 1.82) is 0 Å². The number of rotatable bonds is 3. The molecule has 2 fully saturated rings. The van der Waals surface area contributed by atoms with Gasteiger partial charge in [0.05, 0.1) is 5.60 Å². The van der Waals surface area contributed by atoms with E-state index in [9.17, 15) is 5.11 Å². The third-order valence-electron chi connectivity index (χ3n) is 4.44. The Morgan fingerprint density at radius 1 is 1.41 bits per heavy atom. The fraction of sp³-hybridized carbons (Fsp3) is 0.714. The SMILES string of the molecule is CCc1ccc(CC2(O)CCN3CCC2C3)s1. The predicted molar refractivity (Wildman–Crippen MR) is 71.5 cm³/mol. The van der Waals surface area contributed by atoms with E-state index in [0.29, 0.717) is 5.92 Å². The smallest absolute Gasteiger partial charge is 0.0748 e. The summed E-state index contributed by atoms with van der Waals surface area (Å²) in [6, 6.07) is 4.43. The van der Waals surface area contributed by atoms with Crippen molar-refractivity contribution in [3.63, 3.8) is 0 Å². The molecule has 2 aliphatic rings. The molecule has 1 aromatic rings. The lowest BCUT2D eigenvalue weighted by molar-refractivity contribution is -0.0433. The van der Waals surface area contributed by atoms with Gasteiger partial charge in [0.2, 0.25) is 0 Å². The average molecular weight is 251 g/mol. The van der Waals surface area contributed by atoms with Crippen LogP contribution >= 0.6 is 11.3 Å². The maximum Gasteiger partial charge on any atom is 0.0748 e. The summed E-state index contributed by atoms with van der Waals surface area (Å²) in [4.78, 5) is 5.29. The summed E-state index contributed by atoms with van der Waals surface area (Å²) in [6.07, 6.45) is 4.12. The summed E-state index contributed by atoms with van der Waals surface area (Å²) in [6.45, 7) is 5.58. The fourth-order valence-electron chi connectivity index (χ4n) is 3.27. The minimum absolute atomic E-state index is 0.428. The van der Waals surface area contributed by atoms with E-state index < -0.39 is 5.60 Å². The number of piperidine rings is 1. The molecule has 3 heteroatoms. The van der Waals surface area contributed by atoms with E-state index in [1.807, 2.05) is 11.3 Å². The van der Waals surface area contributed by atoms with Gasteiger partial charge in [-0.15, -0.1) is 11.3 Å². The van der Waals surface area contributed by atoms with Gasteiger partial charge in [-0.05, 0) is 37.9 Å². The lowest BCUT2D eigenvalue weighted by atomic mass is 9.79. The van der Waals surface area contributed by atoms with Crippen molar-refractivity contribution in [3.8, 4) is 0 Å². The van der Waals surface area contributed by atoms with Crippen molar-refractivity contribution in [2.45, 2.75) is 38.2 Å². The van der Waals surface area contributed by atoms with Crippen molar-refractivity contribution in [1.82, 2.24) is 4.90 Å². The molecule has 1 N–H and O–H groups in total. The van der Waals surface area contributed by atoms with Crippen LogP contribution in [0, 0.1) is 5.92 Å². The van der Waals surface area contributed by atoms with Crippen LogP contribution in [-0.2, 0) is 12.8 Å². The molecular formula is C14H21NOS. The molecule has 2 nitrogen and oxygen atoms in total. The Labute approximate surface area is 107 Å². The summed E-state index contributed by atoms with van der Waals surface area (Å²) < 4.78 is 0. The van der Waals surface area contributed by atoms with Crippen LogP contribution in [0.5, 0.6) is 0 Å². The van der Waals surface area contributed by atoms with E-state index in [1.165, 1.54) is 22.7 Å². The molecule has 3 atom stereocenters. The molecule has 2 bridgehead atoms. The first kappa shape index (κ1) is 11.7. The van der Waals surface area contributed by atoms with Crippen LogP contribution in [0.1, 0.15) is 29.5 Å². The maximum atomic E-state index is 10.9. The first-order chi connectivity index (χ1) is 8.19. The largest absolute Gasteiger partial charge is 0.389 e. The molecule has 0 spiro atoms. The van der Waals surface area contributed by atoms with Crippen LogP contribution in [0.3, 0.4) is 0 Å². The van der Waals surface area contributed by atoms with Gasteiger partial charge in [0.25, 0.3) is 0 Å². The molecule has 1 aromatic heterocycles. The Hall–Kier alpha value is -0.380. The minimum Gasteiger partial charge on any atom is -0.389 e. The second-order valence-electron chi connectivity index (χ2n) is 5.54. The highest BCUT2D eigenvalue weighted by Crippen LogP contribution is 2.38. The van der Waals surface area contributed by atoms with Gasteiger partial charge in [0.1, 0.15) is 0 Å². The molecule has 0 saturated carbocycles. The van der Waals surface area contributed by atoms with E-state index in [1.54, 1.807) is 0 Å². The van der Waals surface area contributed by atoms with Crippen molar-refractivity contribution < 1.29 is 5.11 Å². The van der Waals surface area contributed by atoms with Gasteiger partial charge in [0, 0.05) is 35.2 Å². The molecule has 3 heterocycles. The van der Waals surface area contributed by atoms with Crippen molar-refractivity contribution >= 4 is 11.3 Å². The molecule has 3 rings (SSSR count). The van der Waals surface area contributed by atoms with Crippen LogP contribution in [0.2, 0.25) is 0 Å². The van der Waals surface area contributed by atoms with Gasteiger partial charge in [-0.2, -0.15) is 0 Å². The van der Waals surface area contributed by atoms with E-state index >= 15 is 0 Å². The van der Waals surface area contributed by atoms with Gasteiger partial charge in [0.15, 0.2) is 0 Å². The topological polar surface area (TPSA) is 23.5 Å². The number of nitrogens with zero attached hydrogens (tertiary/aromatic N) is 1. The highest BCUT2D eigenvalue weighted by atomic mass is 32.1. The monoisotopic (exact) mass is 251 g/mol. The van der Waals surface area contributed by atoms with Gasteiger partial charge in [-0.25, -0.2) is 0 Å². The normalized spacial score (nSPS) is 36.4. The van der Waals surface area contributed by atoms with Crippen LogP contribution in [-0.4, -0.2) is 35.2 Å². The molecule has 0 amide bonds. The fourth-order valence-corrected chi connectivity index (χ4v) is 4.35. The zero-order valence-corrected chi connectivity index (χ0v) is 11.3. The number of aliphatic hydroxyl groups is 1. The van der Waals surface area contributed by atoms with Crippen LogP contribution < -0.4 is 0 Å². The summed E-state index contributed by atoms with van der Waals surface area (Å²) in [5, 5.41) is 10.9. The van der Waals surface area contributed by atoms with E-state index in [2.05, 4.69) is 24.0 Å². The maximum absolute atomic E-state index is 10.9. The summed E-state index contributed by atoms with van der Waals surface area (Å²) >= 11 is 1.88. The third-order valence-corrected chi connectivity index (χ3v) is 5.67. The second-order valence-corrected chi connectivity index (χ2v) is 6.79. The Balaban J connectivity index is 1.74. The van der Waals surface area contributed by atoms with Gasteiger partial charge in [-0.1, -0.05) is 6.92 Å². The van der Waals surface area contributed by atoms with Crippen molar-refractivity contribution in [3.05, 3.63) is 21.9 Å². The zero-order valence-electron chi connectivity index (χ0n) is 10.5. The number of hydrogen-bond acceptors (Lipinski definition) is 3. The number of thiophene rings is 1. The average Bonchev–Trinajstić information content (AvgIpc) is 2.92. The van der Waals surface area contributed by atoms with Crippen molar-refractivity contribution in [2.24, 2.45) is 5.92 Å². The Kier molecular flexibility index (Phi) is 3.01. The zero-order chi connectivity index (χ0) is 11.9. The number of aryl methyl sites for hydroxylation is 1. The molecule has 2 saturated heterocycles. The molecule has 94 valence electrons. The molecule has 3 unspecified atom stereocenters. The highest BCUT2D eigenvalue weighted by Gasteiger charge is 2.44. The van der Waals surface area contributed by atoms with Crippen LogP contribution in [0.25, 0.3) is 0 Å². The van der Waals surface area contributed by atoms with Crippen LogP contribution in [0.4, 0.5) is 0 Å². The van der Waals surface area contributed by atoms with Crippen LogP contribution in [0.15, 0.2) is 12.1 Å². The molecule has 0 aliphatic carbocycles. The Morgan fingerprint density at radius 3 is 3.00 bits per heavy atom. The van der Waals surface area contributed by atoms with E-state index in [0.717, 1.165) is 32.4 Å². The van der Waals surface area contributed by atoms with Gasteiger partial charge in [-0.3, -0.25) is 0 Å². The number of fused-ring (bicyclic) bond motifs is 2. The number of hydrogen-bond donors (Lipinski definition) is 1. The third kappa shape index (κ3) is 2.16. The van der Waals surface area contributed by atoms with E-state index in [4.69, 9.17) is 0 Å². The summed E-state index contributed by atoms with van der Waals surface area (Å²) in [7, 11) is 0. The lowest BCUT2D eigenvalue weighted by Gasteiger charge is -2.38. The first-order valence-corrected chi connectivity index (χ1v) is 7.53. The second kappa shape index (κ2) is 4.38. The Morgan fingerprint density at radius 2 is 2.24 bits per heavy atom. The molecule has 17 heavy (non-hydrogen) atoms. The van der Waals surface area contributed by atoms with Gasteiger partial charge < -0.3 is 10.0 Å². The Bertz CT molecular complexity index is 403. The van der Waals surface area contributed by atoms with Crippen molar-refractivity contribution in [2.75, 3.05) is 19.6 Å².